The summed E-state index contributed by atoms with van der Waals surface area (Å²) in [5.41, 5.74) is 6.33. The molecule has 1 aliphatic heterocycles. The van der Waals surface area contributed by atoms with E-state index in [-0.39, 0.29) is 5.91 Å². The molecule has 2 aromatic heterocycles. The van der Waals surface area contributed by atoms with E-state index in [1.807, 2.05) is 22.4 Å². The molecule has 5 nitrogen and oxygen atoms in total. The van der Waals surface area contributed by atoms with E-state index in [4.69, 9.17) is 10.2 Å². The zero-order valence-electron chi connectivity index (χ0n) is 11.1. The van der Waals surface area contributed by atoms with Crippen molar-refractivity contribution in [3.8, 4) is 10.8 Å². The van der Waals surface area contributed by atoms with Crippen LogP contribution in [0, 0.1) is 5.92 Å². The zero-order chi connectivity index (χ0) is 13.9. The smallest absolute Gasteiger partial charge is 0.236 e. The van der Waals surface area contributed by atoms with Crippen LogP contribution in [0.1, 0.15) is 12.1 Å². The number of amides is 1. The van der Waals surface area contributed by atoms with Gasteiger partial charge in [-0.05, 0) is 30.3 Å². The van der Waals surface area contributed by atoms with Gasteiger partial charge in [0.25, 0.3) is 0 Å². The third kappa shape index (κ3) is 2.76. The summed E-state index contributed by atoms with van der Waals surface area (Å²) in [7, 11) is 0. The molecule has 2 N–H and O–H groups in total. The molecule has 3 rings (SSSR count). The number of thiophene rings is 1. The van der Waals surface area contributed by atoms with E-state index in [0.717, 1.165) is 24.4 Å². The minimum absolute atomic E-state index is 0.104. The number of likely N-dealkylation sites (tertiary alicyclic amines) is 1. The van der Waals surface area contributed by atoms with Crippen LogP contribution in [0.3, 0.4) is 0 Å². The molecule has 1 fully saturated rings. The normalized spacial score (nSPS) is 18.6. The fraction of sp³-hybridized carbons (Fsp3) is 0.429. The summed E-state index contributed by atoms with van der Waals surface area (Å²) in [6, 6.07) is 3.90. The molecule has 3 heterocycles. The Bertz CT molecular complexity index is 579. The summed E-state index contributed by atoms with van der Waals surface area (Å²) in [6.45, 7) is 2.22. The van der Waals surface area contributed by atoms with Crippen molar-refractivity contribution in [3.63, 3.8) is 0 Å². The summed E-state index contributed by atoms with van der Waals surface area (Å²) < 4.78 is 5.42. The molecule has 1 saturated heterocycles. The predicted octanol–water partition coefficient (Wildman–Crippen LogP) is 1.75. The third-order valence-electron chi connectivity index (χ3n) is 3.59. The number of oxazole rings is 1. The van der Waals surface area contributed by atoms with Gasteiger partial charge in [-0.2, -0.15) is 0 Å². The molecule has 0 radical (unpaired) electrons. The summed E-state index contributed by atoms with van der Waals surface area (Å²) in [5.74, 6) is 1.13. The van der Waals surface area contributed by atoms with Gasteiger partial charge in [0.05, 0.1) is 17.0 Å². The topological polar surface area (TPSA) is 72.4 Å². The highest BCUT2D eigenvalue weighted by atomic mass is 32.1. The minimum atomic E-state index is 0.104. The highest BCUT2D eigenvalue weighted by Crippen LogP contribution is 2.24. The SMILES string of the molecule is NCC1CCN(C(=O)Cc2coc(-c3cccs3)n2)C1. The van der Waals surface area contributed by atoms with Crippen LogP contribution in [0.15, 0.2) is 28.2 Å². The maximum absolute atomic E-state index is 12.2. The van der Waals surface area contributed by atoms with Crippen LogP contribution >= 0.6 is 11.3 Å². The lowest BCUT2D eigenvalue weighted by Gasteiger charge is -2.15. The van der Waals surface area contributed by atoms with Crippen LogP contribution in [0.25, 0.3) is 10.8 Å². The van der Waals surface area contributed by atoms with Gasteiger partial charge in [0.1, 0.15) is 6.26 Å². The number of rotatable bonds is 4. The number of carbonyl (C=O) groups excluding carboxylic acids is 1. The number of hydrogen-bond donors (Lipinski definition) is 1. The van der Waals surface area contributed by atoms with Gasteiger partial charge in [0.15, 0.2) is 0 Å². The average Bonchev–Trinajstić information content (AvgIpc) is 3.19. The van der Waals surface area contributed by atoms with Gasteiger partial charge in [-0.25, -0.2) is 4.98 Å². The van der Waals surface area contributed by atoms with Gasteiger partial charge in [-0.15, -0.1) is 11.3 Å². The fourth-order valence-corrected chi connectivity index (χ4v) is 3.08. The van der Waals surface area contributed by atoms with Gasteiger partial charge < -0.3 is 15.1 Å². The lowest BCUT2D eigenvalue weighted by molar-refractivity contribution is -0.129. The van der Waals surface area contributed by atoms with Crippen molar-refractivity contribution in [2.45, 2.75) is 12.8 Å². The molecule has 1 amide bonds. The van der Waals surface area contributed by atoms with Gasteiger partial charge in [0, 0.05) is 13.1 Å². The number of aromatic nitrogens is 1. The first-order chi connectivity index (χ1) is 9.76. The number of hydrogen-bond acceptors (Lipinski definition) is 5. The standard InChI is InChI=1S/C14H17N3O2S/c15-7-10-3-4-17(8-10)13(18)6-11-9-19-14(16-11)12-2-1-5-20-12/h1-2,5,9-10H,3-4,6-8,15H2. The first-order valence-corrected chi connectivity index (χ1v) is 7.60. The Morgan fingerprint density at radius 2 is 2.50 bits per heavy atom. The molecular weight excluding hydrogens is 274 g/mol. The second-order valence-electron chi connectivity index (χ2n) is 5.03. The summed E-state index contributed by atoms with van der Waals surface area (Å²) in [4.78, 5) is 19.4. The quantitative estimate of drug-likeness (QED) is 0.931. The molecule has 2 aromatic rings. The minimum Gasteiger partial charge on any atom is -0.444 e. The Morgan fingerprint density at radius 1 is 1.60 bits per heavy atom. The number of carbonyl (C=O) groups is 1. The van der Waals surface area contributed by atoms with E-state index >= 15 is 0 Å². The van der Waals surface area contributed by atoms with Gasteiger partial charge >= 0.3 is 0 Å². The maximum Gasteiger partial charge on any atom is 0.236 e. The van der Waals surface area contributed by atoms with Crippen LogP contribution in [-0.2, 0) is 11.2 Å². The molecule has 106 valence electrons. The van der Waals surface area contributed by atoms with Crippen LogP contribution in [0.2, 0.25) is 0 Å². The summed E-state index contributed by atoms with van der Waals surface area (Å²) in [6.07, 6.45) is 2.87. The van der Waals surface area contributed by atoms with Crippen LogP contribution in [0.4, 0.5) is 0 Å². The van der Waals surface area contributed by atoms with Crippen molar-refractivity contribution in [2.24, 2.45) is 11.7 Å². The lowest BCUT2D eigenvalue weighted by Crippen LogP contribution is -2.31. The van der Waals surface area contributed by atoms with E-state index in [1.165, 1.54) is 0 Å². The molecule has 1 atom stereocenters. The van der Waals surface area contributed by atoms with Crippen molar-refractivity contribution in [2.75, 3.05) is 19.6 Å². The first kappa shape index (κ1) is 13.3. The van der Waals surface area contributed by atoms with Crippen molar-refractivity contribution in [1.29, 1.82) is 0 Å². The van der Waals surface area contributed by atoms with E-state index in [0.29, 0.717) is 30.5 Å². The molecule has 6 heteroatoms. The summed E-state index contributed by atoms with van der Waals surface area (Å²) in [5, 5.41) is 1.97. The second kappa shape index (κ2) is 5.76. The number of nitrogens with two attached hydrogens (primary N) is 1. The number of nitrogens with zero attached hydrogens (tertiary/aromatic N) is 2. The van der Waals surface area contributed by atoms with Crippen molar-refractivity contribution < 1.29 is 9.21 Å². The monoisotopic (exact) mass is 291 g/mol. The van der Waals surface area contributed by atoms with E-state index in [2.05, 4.69) is 4.98 Å². The highest BCUT2D eigenvalue weighted by Gasteiger charge is 2.25. The summed E-state index contributed by atoms with van der Waals surface area (Å²) >= 11 is 1.57. The fourth-order valence-electron chi connectivity index (χ4n) is 2.42. The predicted molar refractivity (Wildman–Crippen MR) is 77.3 cm³/mol. The molecule has 0 spiro atoms. The van der Waals surface area contributed by atoms with Crippen LogP contribution < -0.4 is 5.73 Å². The first-order valence-electron chi connectivity index (χ1n) is 6.72. The molecule has 0 bridgehead atoms. The molecule has 1 unspecified atom stereocenters. The second-order valence-corrected chi connectivity index (χ2v) is 5.98. The lowest BCUT2D eigenvalue weighted by atomic mass is 10.1. The molecule has 0 aromatic carbocycles. The molecule has 1 aliphatic rings. The van der Waals surface area contributed by atoms with Crippen LogP contribution in [0.5, 0.6) is 0 Å². The van der Waals surface area contributed by atoms with E-state index < -0.39 is 0 Å². The van der Waals surface area contributed by atoms with E-state index in [9.17, 15) is 4.79 Å². The highest BCUT2D eigenvalue weighted by molar-refractivity contribution is 7.13. The molecule has 0 saturated carbocycles. The van der Waals surface area contributed by atoms with Crippen LogP contribution in [-0.4, -0.2) is 35.4 Å². The Balaban J connectivity index is 1.62. The Kier molecular flexibility index (Phi) is 3.84. The maximum atomic E-state index is 12.2. The molecule has 20 heavy (non-hydrogen) atoms. The Labute approximate surface area is 121 Å². The van der Waals surface area contributed by atoms with Gasteiger partial charge in [-0.1, -0.05) is 6.07 Å². The van der Waals surface area contributed by atoms with E-state index in [1.54, 1.807) is 17.6 Å². The Hall–Kier alpha value is -1.66. The van der Waals surface area contributed by atoms with Crippen molar-refractivity contribution in [3.05, 3.63) is 29.5 Å². The Morgan fingerprint density at radius 3 is 3.20 bits per heavy atom. The van der Waals surface area contributed by atoms with Crippen molar-refractivity contribution in [1.82, 2.24) is 9.88 Å². The third-order valence-corrected chi connectivity index (χ3v) is 4.45. The van der Waals surface area contributed by atoms with Crippen molar-refractivity contribution >= 4 is 17.2 Å². The zero-order valence-corrected chi connectivity index (χ0v) is 11.9. The van der Waals surface area contributed by atoms with Gasteiger partial charge in [0.2, 0.25) is 11.8 Å². The average molecular weight is 291 g/mol. The van der Waals surface area contributed by atoms with Gasteiger partial charge in [-0.3, -0.25) is 4.79 Å². The molecule has 0 aliphatic carbocycles. The largest absolute Gasteiger partial charge is 0.444 e. The molecular formula is C14H17N3O2S.